The van der Waals surface area contributed by atoms with Crippen LogP contribution in [-0.4, -0.2) is 46.8 Å². The van der Waals surface area contributed by atoms with E-state index in [1.54, 1.807) is 18.2 Å². The Kier molecular flexibility index (Phi) is 3.87. The summed E-state index contributed by atoms with van der Waals surface area (Å²) in [4.78, 5) is 13.6. The molecule has 2 aliphatic rings. The lowest BCUT2D eigenvalue weighted by Gasteiger charge is -2.33. The molecule has 1 spiro atoms. The Labute approximate surface area is 124 Å². The Balaban J connectivity index is 1.77. The Hall–Kier alpha value is -1.59. The number of carboxylic acids is 1. The van der Waals surface area contributed by atoms with Crippen molar-refractivity contribution in [2.75, 3.05) is 19.6 Å². The van der Waals surface area contributed by atoms with Gasteiger partial charge in [0, 0.05) is 13.1 Å². The summed E-state index contributed by atoms with van der Waals surface area (Å²) in [6, 6.07) is 6.68. The normalized spacial score (nSPS) is 25.2. The van der Waals surface area contributed by atoms with Gasteiger partial charge in [0.05, 0.1) is 0 Å². The van der Waals surface area contributed by atoms with Crippen LogP contribution < -0.4 is 5.32 Å². The summed E-state index contributed by atoms with van der Waals surface area (Å²) in [7, 11) is 0. The number of phenolic OH excluding ortho intramolecular Hbond substituents is 1. The van der Waals surface area contributed by atoms with Crippen molar-refractivity contribution < 1.29 is 15.0 Å². The number of carboxylic acid groups (broad SMARTS) is 1. The summed E-state index contributed by atoms with van der Waals surface area (Å²) in [6.07, 6.45) is 2.84. The molecule has 114 valence electrons. The SMILES string of the molecule is O=C(O)[C@H]1CC2(CCNCC2)CN1Cc1cccc(O)c1. The van der Waals surface area contributed by atoms with Crippen LogP contribution in [0.25, 0.3) is 0 Å². The van der Waals surface area contributed by atoms with Gasteiger partial charge >= 0.3 is 5.97 Å². The minimum atomic E-state index is -0.731. The molecule has 0 aliphatic carbocycles. The van der Waals surface area contributed by atoms with Gasteiger partial charge in [0.2, 0.25) is 0 Å². The van der Waals surface area contributed by atoms with Crippen molar-refractivity contribution >= 4 is 5.97 Å². The van der Waals surface area contributed by atoms with Crippen molar-refractivity contribution in [1.82, 2.24) is 10.2 Å². The lowest BCUT2D eigenvalue weighted by Crippen LogP contribution is -2.38. The Bertz CT molecular complexity index is 526. The van der Waals surface area contributed by atoms with Gasteiger partial charge in [-0.1, -0.05) is 12.1 Å². The standard InChI is InChI=1S/C16H22N2O3/c19-13-3-1-2-12(8-13)10-18-11-16(4-6-17-7-5-16)9-14(18)15(20)21/h1-3,8,14,17,19H,4-7,9-11H2,(H,20,21)/t14-/m1/s1. The predicted octanol–water partition coefficient (Wildman–Crippen LogP) is 1.42. The smallest absolute Gasteiger partial charge is 0.320 e. The fourth-order valence-corrected chi connectivity index (χ4v) is 3.76. The van der Waals surface area contributed by atoms with E-state index in [2.05, 4.69) is 10.2 Å². The number of nitrogens with one attached hydrogen (secondary N) is 1. The van der Waals surface area contributed by atoms with E-state index < -0.39 is 12.0 Å². The van der Waals surface area contributed by atoms with E-state index in [9.17, 15) is 15.0 Å². The highest BCUT2D eigenvalue weighted by molar-refractivity contribution is 5.74. The molecule has 2 aliphatic heterocycles. The number of carbonyl (C=O) groups is 1. The Morgan fingerprint density at radius 2 is 2.14 bits per heavy atom. The van der Waals surface area contributed by atoms with Crippen molar-refractivity contribution in [3.05, 3.63) is 29.8 Å². The lowest BCUT2D eigenvalue weighted by molar-refractivity contribution is -0.142. The van der Waals surface area contributed by atoms with E-state index in [-0.39, 0.29) is 11.2 Å². The molecule has 1 atom stereocenters. The molecule has 2 heterocycles. The molecule has 1 aromatic carbocycles. The van der Waals surface area contributed by atoms with Crippen LogP contribution in [0.1, 0.15) is 24.8 Å². The van der Waals surface area contributed by atoms with Crippen molar-refractivity contribution in [2.24, 2.45) is 5.41 Å². The summed E-state index contributed by atoms with van der Waals surface area (Å²) in [5.74, 6) is -0.499. The second-order valence-electron chi connectivity index (χ2n) is 6.38. The van der Waals surface area contributed by atoms with Crippen molar-refractivity contribution in [2.45, 2.75) is 31.8 Å². The van der Waals surface area contributed by atoms with E-state index in [4.69, 9.17) is 0 Å². The van der Waals surface area contributed by atoms with Gasteiger partial charge in [-0.05, 0) is 55.5 Å². The van der Waals surface area contributed by atoms with Crippen molar-refractivity contribution in [3.63, 3.8) is 0 Å². The van der Waals surface area contributed by atoms with Crippen LogP contribution in [0, 0.1) is 5.41 Å². The largest absolute Gasteiger partial charge is 0.508 e. The van der Waals surface area contributed by atoms with Crippen LogP contribution in [0.15, 0.2) is 24.3 Å². The third kappa shape index (κ3) is 3.04. The van der Waals surface area contributed by atoms with E-state index in [0.717, 1.165) is 44.5 Å². The monoisotopic (exact) mass is 290 g/mol. The molecule has 0 amide bonds. The van der Waals surface area contributed by atoms with Gasteiger partial charge in [-0.25, -0.2) is 0 Å². The maximum Gasteiger partial charge on any atom is 0.320 e. The number of piperidine rings is 1. The average molecular weight is 290 g/mol. The first kappa shape index (κ1) is 14.4. The highest BCUT2D eigenvalue weighted by atomic mass is 16.4. The van der Waals surface area contributed by atoms with Crippen LogP contribution in [-0.2, 0) is 11.3 Å². The molecule has 1 aromatic rings. The van der Waals surface area contributed by atoms with E-state index >= 15 is 0 Å². The van der Waals surface area contributed by atoms with Crippen LogP contribution in [0.4, 0.5) is 0 Å². The van der Waals surface area contributed by atoms with Crippen LogP contribution in [0.2, 0.25) is 0 Å². The molecule has 2 fully saturated rings. The number of benzene rings is 1. The third-order valence-corrected chi connectivity index (χ3v) is 4.85. The zero-order chi connectivity index (χ0) is 14.9. The number of hydrogen-bond acceptors (Lipinski definition) is 4. The number of aromatic hydroxyl groups is 1. The minimum Gasteiger partial charge on any atom is -0.508 e. The number of phenols is 1. The second kappa shape index (κ2) is 5.66. The maximum atomic E-state index is 11.6. The molecule has 5 heteroatoms. The van der Waals surface area contributed by atoms with Crippen LogP contribution in [0.3, 0.4) is 0 Å². The van der Waals surface area contributed by atoms with E-state index in [0.29, 0.717) is 6.54 Å². The summed E-state index contributed by atoms with van der Waals surface area (Å²) >= 11 is 0. The zero-order valence-corrected chi connectivity index (χ0v) is 12.1. The molecule has 0 aromatic heterocycles. The lowest BCUT2D eigenvalue weighted by atomic mass is 9.77. The number of nitrogens with zero attached hydrogens (tertiary/aromatic N) is 1. The molecule has 0 saturated carbocycles. The molecule has 0 bridgehead atoms. The van der Waals surface area contributed by atoms with Gasteiger partial charge in [0.25, 0.3) is 0 Å². The highest BCUT2D eigenvalue weighted by Crippen LogP contribution is 2.42. The number of rotatable bonds is 3. The summed E-state index contributed by atoms with van der Waals surface area (Å²) in [5, 5.41) is 22.4. The average Bonchev–Trinajstić information content (AvgIpc) is 2.78. The van der Waals surface area contributed by atoms with Gasteiger partial charge in [-0.3, -0.25) is 9.69 Å². The molecular weight excluding hydrogens is 268 g/mol. The van der Waals surface area contributed by atoms with E-state index in [1.807, 2.05) is 6.07 Å². The molecule has 5 nitrogen and oxygen atoms in total. The van der Waals surface area contributed by atoms with Gasteiger partial charge in [-0.2, -0.15) is 0 Å². The van der Waals surface area contributed by atoms with Gasteiger partial charge in [0.15, 0.2) is 0 Å². The first-order chi connectivity index (χ1) is 10.1. The first-order valence-electron chi connectivity index (χ1n) is 7.54. The van der Waals surface area contributed by atoms with Crippen molar-refractivity contribution in [1.29, 1.82) is 0 Å². The number of aliphatic carboxylic acids is 1. The number of likely N-dealkylation sites (tertiary alicyclic amines) is 1. The van der Waals surface area contributed by atoms with Gasteiger partial charge < -0.3 is 15.5 Å². The van der Waals surface area contributed by atoms with Crippen LogP contribution in [0.5, 0.6) is 5.75 Å². The molecule has 3 rings (SSSR count). The fraction of sp³-hybridized carbons (Fsp3) is 0.562. The first-order valence-corrected chi connectivity index (χ1v) is 7.54. The fourth-order valence-electron chi connectivity index (χ4n) is 3.76. The maximum absolute atomic E-state index is 11.6. The molecule has 0 radical (unpaired) electrons. The summed E-state index contributed by atoms with van der Waals surface area (Å²) in [5.41, 5.74) is 1.11. The highest BCUT2D eigenvalue weighted by Gasteiger charge is 2.46. The third-order valence-electron chi connectivity index (χ3n) is 4.85. The van der Waals surface area contributed by atoms with Crippen LogP contribution >= 0.6 is 0 Å². The predicted molar refractivity (Wildman–Crippen MR) is 79.1 cm³/mol. The van der Waals surface area contributed by atoms with Crippen molar-refractivity contribution in [3.8, 4) is 5.75 Å². The molecule has 2 saturated heterocycles. The Morgan fingerprint density at radius 1 is 1.38 bits per heavy atom. The Morgan fingerprint density at radius 3 is 2.81 bits per heavy atom. The second-order valence-corrected chi connectivity index (χ2v) is 6.38. The molecular formula is C16H22N2O3. The molecule has 21 heavy (non-hydrogen) atoms. The summed E-state index contributed by atoms with van der Waals surface area (Å²) < 4.78 is 0. The molecule has 0 unspecified atom stereocenters. The van der Waals surface area contributed by atoms with Gasteiger partial charge in [-0.15, -0.1) is 0 Å². The quantitative estimate of drug-likeness (QED) is 0.785. The van der Waals surface area contributed by atoms with E-state index in [1.165, 1.54) is 0 Å². The zero-order valence-electron chi connectivity index (χ0n) is 12.1. The summed E-state index contributed by atoms with van der Waals surface area (Å²) in [6.45, 7) is 3.38. The minimum absolute atomic E-state index is 0.144. The molecule has 3 N–H and O–H groups in total. The van der Waals surface area contributed by atoms with Gasteiger partial charge in [0.1, 0.15) is 11.8 Å². The topological polar surface area (TPSA) is 72.8 Å². The number of hydrogen-bond donors (Lipinski definition) is 3.